The van der Waals surface area contributed by atoms with Gasteiger partial charge < -0.3 is 34.1 Å². The largest absolute Gasteiger partial charge is 0.493 e. The van der Waals surface area contributed by atoms with Crippen molar-refractivity contribution in [2.75, 3.05) is 40.0 Å². The zero-order chi connectivity index (χ0) is 30.1. The van der Waals surface area contributed by atoms with E-state index in [9.17, 15) is 9.90 Å². The number of benzene rings is 2. The summed E-state index contributed by atoms with van der Waals surface area (Å²) in [5, 5.41) is 15.2. The van der Waals surface area contributed by atoms with Crippen LogP contribution in [0.2, 0.25) is 0 Å². The Hall–Kier alpha value is -3.47. The van der Waals surface area contributed by atoms with E-state index in [2.05, 4.69) is 27.3 Å². The van der Waals surface area contributed by atoms with Crippen molar-refractivity contribution in [2.45, 2.75) is 80.6 Å². The molecule has 3 heterocycles. The first kappa shape index (κ1) is 29.3. The molecule has 0 radical (unpaired) electrons. The lowest BCUT2D eigenvalue weighted by molar-refractivity contribution is -0.138. The maximum atomic E-state index is 14.4. The normalized spacial score (nSPS) is 29.0. The van der Waals surface area contributed by atoms with Gasteiger partial charge in [0.15, 0.2) is 17.5 Å². The van der Waals surface area contributed by atoms with Crippen molar-refractivity contribution in [3.63, 3.8) is 0 Å². The van der Waals surface area contributed by atoms with E-state index in [1.54, 1.807) is 7.11 Å². The summed E-state index contributed by atoms with van der Waals surface area (Å²) in [6.07, 6.45) is 8.26. The Morgan fingerprint density at radius 2 is 2.02 bits per heavy atom. The fraction of sp³-hybridized carbons (Fsp3) is 0.559. The van der Waals surface area contributed by atoms with Gasteiger partial charge >= 0.3 is 0 Å². The van der Waals surface area contributed by atoms with Crippen molar-refractivity contribution in [1.29, 1.82) is 0 Å². The van der Waals surface area contributed by atoms with Gasteiger partial charge in [0.05, 0.1) is 31.6 Å². The molecule has 0 bridgehead atoms. The van der Waals surface area contributed by atoms with Gasteiger partial charge in [0.25, 0.3) is 0 Å². The highest BCUT2D eigenvalue weighted by atomic mass is 16.5. The van der Waals surface area contributed by atoms with E-state index >= 15 is 0 Å². The van der Waals surface area contributed by atoms with Crippen LogP contribution >= 0.6 is 0 Å². The molecular weight excluding hydrogens is 558 g/mol. The van der Waals surface area contributed by atoms with Crippen molar-refractivity contribution >= 4 is 23.3 Å². The van der Waals surface area contributed by atoms with Gasteiger partial charge in [-0.1, -0.05) is 43.2 Å². The Balaban J connectivity index is 1.06. The molecule has 4 aliphatic rings. The molecule has 44 heavy (non-hydrogen) atoms. The Bertz CT molecular complexity index is 1470. The van der Waals surface area contributed by atoms with Crippen molar-refractivity contribution in [3.05, 3.63) is 60.0 Å². The van der Waals surface area contributed by atoms with Crippen molar-refractivity contribution in [2.24, 2.45) is 4.99 Å². The van der Waals surface area contributed by atoms with Gasteiger partial charge in [-0.25, -0.2) is 4.98 Å². The molecule has 10 heteroatoms. The highest BCUT2D eigenvalue weighted by Gasteiger charge is 2.49. The fourth-order valence-electron chi connectivity index (χ4n) is 7.30. The van der Waals surface area contributed by atoms with Crippen LogP contribution in [0.5, 0.6) is 5.75 Å². The maximum Gasteiger partial charge on any atom is 0.250 e. The number of oxazole rings is 1. The molecule has 3 aromatic rings. The molecule has 2 aliphatic carbocycles. The number of carbonyl (C=O) groups is 1. The SMILES string of the molecule is COC[C@]1(O)CCCCC1N1C=NC(C(=O)N2CCNC[C@H]2CCOc2ccc3oc(C4CC4)nc3c2)C1c1ccccc1. The zero-order valence-corrected chi connectivity index (χ0v) is 25.4. The maximum absolute atomic E-state index is 14.4. The molecule has 1 amide bonds. The standard InChI is InChI=1S/C34H43N5O5/c1-42-21-34(41)15-6-5-9-29(34)39-22-36-30(31(39)23-7-3-2-4-8-23)33(40)38-17-16-35-20-25(38)14-18-43-26-12-13-28-27(19-26)37-32(44-28)24-10-11-24/h2-4,7-8,12-13,19,22,24-25,29-31,35,41H,5-6,9-11,14-18,20-21H2,1H3/t25-,29?,30?,31?,34-/m1/s1. The minimum atomic E-state index is -0.993. The Morgan fingerprint density at radius 1 is 1.16 bits per heavy atom. The predicted molar refractivity (Wildman–Crippen MR) is 167 cm³/mol. The highest BCUT2D eigenvalue weighted by Crippen LogP contribution is 2.42. The van der Waals surface area contributed by atoms with E-state index in [4.69, 9.17) is 18.9 Å². The Morgan fingerprint density at radius 3 is 2.84 bits per heavy atom. The first-order valence-electron chi connectivity index (χ1n) is 16.2. The predicted octanol–water partition coefficient (Wildman–Crippen LogP) is 4.05. The number of aliphatic hydroxyl groups is 1. The second-order valence-electron chi connectivity index (χ2n) is 12.8. The number of amides is 1. The number of ether oxygens (including phenoxy) is 2. The van der Waals surface area contributed by atoms with Crippen LogP contribution in [0.25, 0.3) is 11.1 Å². The Labute approximate surface area is 258 Å². The number of nitrogens with zero attached hydrogens (tertiary/aromatic N) is 4. The van der Waals surface area contributed by atoms with Gasteiger partial charge in [0, 0.05) is 51.2 Å². The van der Waals surface area contributed by atoms with Crippen LogP contribution in [-0.4, -0.2) is 95.8 Å². The number of fused-ring (bicyclic) bond motifs is 1. The van der Waals surface area contributed by atoms with Gasteiger partial charge in [-0.3, -0.25) is 9.79 Å². The van der Waals surface area contributed by atoms with Crippen LogP contribution < -0.4 is 10.1 Å². The third-order valence-corrected chi connectivity index (χ3v) is 9.74. The lowest BCUT2D eigenvalue weighted by atomic mass is 9.79. The van der Waals surface area contributed by atoms with Crippen molar-refractivity contribution in [3.8, 4) is 5.75 Å². The number of rotatable bonds is 10. The van der Waals surface area contributed by atoms with Crippen LogP contribution in [0, 0.1) is 0 Å². The van der Waals surface area contributed by atoms with Crippen LogP contribution in [0.3, 0.4) is 0 Å². The zero-order valence-electron chi connectivity index (χ0n) is 25.4. The summed E-state index contributed by atoms with van der Waals surface area (Å²) in [5.74, 6) is 2.07. The van der Waals surface area contributed by atoms with Crippen LogP contribution in [0.4, 0.5) is 0 Å². The summed E-state index contributed by atoms with van der Waals surface area (Å²) in [4.78, 5) is 28.0. The molecule has 7 rings (SSSR count). The molecule has 2 aromatic carbocycles. The Kier molecular flexibility index (Phi) is 8.31. The summed E-state index contributed by atoms with van der Waals surface area (Å²) < 4.78 is 17.5. The van der Waals surface area contributed by atoms with Gasteiger partial charge in [0.1, 0.15) is 16.9 Å². The first-order chi connectivity index (χ1) is 21.5. The lowest BCUT2D eigenvalue weighted by Crippen LogP contribution is -2.59. The highest BCUT2D eigenvalue weighted by molar-refractivity contribution is 5.87. The molecule has 0 spiro atoms. The summed E-state index contributed by atoms with van der Waals surface area (Å²) >= 11 is 0. The monoisotopic (exact) mass is 601 g/mol. The van der Waals surface area contributed by atoms with Crippen LogP contribution in [0.15, 0.2) is 57.9 Å². The molecule has 1 saturated heterocycles. The summed E-state index contributed by atoms with van der Waals surface area (Å²) in [5.41, 5.74) is 1.65. The second kappa shape index (κ2) is 12.5. The van der Waals surface area contributed by atoms with E-state index in [-0.39, 0.29) is 30.6 Å². The van der Waals surface area contributed by atoms with Crippen molar-refractivity contribution in [1.82, 2.24) is 20.1 Å². The number of aliphatic imine (C=N–C) groups is 1. The first-order valence-corrected chi connectivity index (χ1v) is 16.2. The lowest BCUT2D eigenvalue weighted by Gasteiger charge is -2.47. The number of carbonyl (C=O) groups excluding carboxylic acids is 1. The third-order valence-electron chi connectivity index (χ3n) is 9.74. The average Bonchev–Trinajstić information content (AvgIpc) is 3.66. The third kappa shape index (κ3) is 5.82. The van der Waals surface area contributed by atoms with Gasteiger partial charge in [-0.2, -0.15) is 0 Å². The molecule has 5 atom stereocenters. The number of hydrogen-bond acceptors (Lipinski definition) is 9. The number of hydrogen-bond donors (Lipinski definition) is 2. The molecule has 3 unspecified atom stereocenters. The van der Waals surface area contributed by atoms with E-state index < -0.39 is 11.6 Å². The van der Waals surface area contributed by atoms with E-state index in [1.165, 1.54) is 0 Å². The van der Waals surface area contributed by atoms with Crippen molar-refractivity contribution < 1.29 is 23.8 Å². The topological polar surface area (TPSA) is 113 Å². The molecular formula is C34H43N5O5. The van der Waals surface area contributed by atoms with E-state index in [0.717, 1.165) is 67.0 Å². The minimum absolute atomic E-state index is 0.0192. The summed E-state index contributed by atoms with van der Waals surface area (Å²) in [7, 11) is 1.63. The molecule has 10 nitrogen and oxygen atoms in total. The number of nitrogens with one attached hydrogen (secondary N) is 1. The number of methoxy groups -OCH3 is 1. The molecule has 234 valence electrons. The number of piperazine rings is 1. The average molecular weight is 602 g/mol. The molecule has 3 fully saturated rings. The molecule has 2 aliphatic heterocycles. The second-order valence-corrected chi connectivity index (χ2v) is 12.8. The van der Waals surface area contributed by atoms with Crippen LogP contribution in [0.1, 0.15) is 68.4 Å². The van der Waals surface area contributed by atoms with Gasteiger partial charge in [-0.05, 0) is 43.4 Å². The smallest absolute Gasteiger partial charge is 0.250 e. The number of aromatic nitrogens is 1. The quantitative estimate of drug-likeness (QED) is 0.358. The molecule has 2 N–H and O–H groups in total. The van der Waals surface area contributed by atoms with Gasteiger partial charge in [0.2, 0.25) is 5.91 Å². The minimum Gasteiger partial charge on any atom is -0.493 e. The molecule has 2 saturated carbocycles. The summed E-state index contributed by atoms with van der Waals surface area (Å²) in [6, 6.07) is 14.8. The summed E-state index contributed by atoms with van der Waals surface area (Å²) in [6.45, 7) is 2.79. The van der Waals surface area contributed by atoms with Crippen LogP contribution in [-0.2, 0) is 9.53 Å². The molecule has 1 aromatic heterocycles. The van der Waals surface area contributed by atoms with Gasteiger partial charge in [-0.15, -0.1) is 0 Å². The van der Waals surface area contributed by atoms with E-state index in [0.29, 0.717) is 38.5 Å². The fourth-order valence-corrected chi connectivity index (χ4v) is 7.30. The van der Waals surface area contributed by atoms with E-state index in [1.807, 2.05) is 47.6 Å².